The van der Waals surface area contributed by atoms with Crippen molar-refractivity contribution in [3.05, 3.63) is 24.0 Å². The minimum atomic E-state index is -4.13. The summed E-state index contributed by atoms with van der Waals surface area (Å²) < 4.78 is 63.2. The number of alkyl halides is 1. The summed E-state index contributed by atoms with van der Waals surface area (Å²) in [4.78, 5) is -0.918. The molecule has 1 aromatic carbocycles. The first kappa shape index (κ1) is 16.7. The predicted molar refractivity (Wildman–Crippen MR) is 77.1 cm³/mol. The predicted octanol–water partition coefficient (Wildman–Crippen LogP) is 1.53. The molecule has 0 aromatic heterocycles. The summed E-state index contributed by atoms with van der Waals surface area (Å²) in [6.07, 6.45) is 2.55. The van der Waals surface area contributed by atoms with Crippen molar-refractivity contribution in [1.29, 1.82) is 0 Å². The lowest BCUT2D eigenvalue weighted by Gasteiger charge is -2.13. The number of halogens is 2. The summed E-state index contributed by atoms with van der Waals surface area (Å²) >= 11 is 5.76. The first-order chi connectivity index (χ1) is 9.60. The molecule has 0 unspecified atom stereocenters. The Labute approximate surface area is 128 Å². The zero-order chi connectivity index (χ0) is 15.9. The molecule has 21 heavy (non-hydrogen) atoms. The zero-order valence-corrected chi connectivity index (χ0v) is 13.7. The minimum Gasteiger partial charge on any atom is -0.224 e. The van der Waals surface area contributed by atoms with Gasteiger partial charge in [-0.3, -0.25) is 0 Å². The highest BCUT2D eigenvalue weighted by Crippen LogP contribution is 2.46. The van der Waals surface area contributed by atoms with Crippen LogP contribution in [0.1, 0.15) is 12.8 Å². The largest absolute Gasteiger partial charge is 0.243 e. The average Bonchev–Trinajstić information content (AvgIpc) is 3.16. The van der Waals surface area contributed by atoms with Crippen LogP contribution in [-0.4, -0.2) is 35.5 Å². The lowest BCUT2D eigenvalue weighted by atomic mass is 10.1. The van der Waals surface area contributed by atoms with Gasteiger partial charge in [-0.1, -0.05) is 0 Å². The fraction of sp³-hybridized carbons (Fsp3) is 0.500. The third-order valence-electron chi connectivity index (χ3n) is 3.50. The van der Waals surface area contributed by atoms with Crippen LogP contribution in [0.3, 0.4) is 0 Å². The highest BCUT2D eigenvalue weighted by molar-refractivity contribution is 7.91. The second-order valence-electron chi connectivity index (χ2n) is 5.32. The van der Waals surface area contributed by atoms with Crippen LogP contribution in [0.4, 0.5) is 4.39 Å². The van der Waals surface area contributed by atoms with Crippen molar-refractivity contribution in [3.8, 4) is 0 Å². The molecule has 1 saturated carbocycles. The third-order valence-corrected chi connectivity index (χ3v) is 6.59. The first-order valence-electron chi connectivity index (χ1n) is 6.15. The fourth-order valence-electron chi connectivity index (χ4n) is 1.78. The second kappa shape index (κ2) is 5.49. The van der Waals surface area contributed by atoms with Crippen molar-refractivity contribution in [3.63, 3.8) is 0 Å². The van der Waals surface area contributed by atoms with Gasteiger partial charge in [-0.15, -0.1) is 11.6 Å². The Morgan fingerprint density at radius 2 is 1.90 bits per heavy atom. The molecule has 1 fully saturated rings. The van der Waals surface area contributed by atoms with Crippen molar-refractivity contribution in [2.45, 2.75) is 22.6 Å². The number of nitrogens with one attached hydrogen (secondary N) is 1. The van der Waals surface area contributed by atoms with E-state index < -0.39 is 30.6 Å². The van der Waals surface area contributed by atoms with Crippen LogP contribution < -0.4 is 4.72 Å². The maximum atomic E-state index is 13.7. The Balaban J connectivity index is 2.31. The highest BCUT2D eigenvalue weighted by atomic mass is 35.5. The van der Waals surface area contributed by atoms with Crippen molar-refractivity contribution in [2.75, 3.05) is 18.7 Å². The molecule has 5 nitrogen and oxygen atoms in total. The number of sulfone groups is 1. The van der Waals surface area contributed by atoms with Crippen LogP contribution in [-0.2, 0) is 19.9 Å². The lowest BCUT2D eigenvalue weighted by molar-refractivity contribution is 0.524. The molecule has 0 radical (unpaired) electrons. The maximum Gasteiger partial charge on any atom is 0.243 e. The zero-order valence-electron chi connectivity index (χ0n) is 11.3. The van der Waals surface area contributed by atoms with Gasteiger partial charge in [0.15, 0.2) is 9.84 Å². The average molecular weight is 356 g/mol. The van der Waals surface area contributed by atoms with Crippen LogP contribution in [0.25, 0.3) is 0 Å². The van der Waals surface area contributed by atoms with Gasteiger partial charge in [0.05, 0.1) is 4.90 Å². The molecule has 0 spiro atoms. The molecular weight excluding hydrogens is 341 g/mol. The van der Waals surface area contributed by atoms with Gasteiger partial charge in [0, 0.05) is 18.7 Å². The summed E-state index contributed by atoms with van der Waals surface area (Å²) in [5.74, 6) is -0.674. The lowest BCUT2D eigenvalue weighted by Crippen LogP contribution is -2.31. The van der Waals surface area contributed by atoms with Crippen molar-refractivity contribution < 1.29 is 21.2 Å². The number of rotatable bonds is 6. The van der Waals surface area contributed by atoms with Gasteiger partial charge < -0.3 is 0 Å². The molecule has 9 heteroatoms. The van der Waals surface area contributed by atoms with E-state index in [1.807, 2.05) is 0 Å². The van der Waals surface area contributed by atoms with Gasteiger partial charge in [0.2, 0.25) is 10.0 Å². The molecule has 0 amide bonds. The van der Waals surface area contributed by atoms with Gasteiger partial charge in [-0.05, 0) is 36.5 Å². The summed E-state index contributed by atoms with van der Waals surface area (Å²) in [6, 6.07) is 2.69. The highest BCUT2D eigenvalue weighted by Gasteiger charge is 2.42. The van der Waals surface area contributed by atoms with Crippen LogP contribution in [0, 0.1) is 11.2 Å². The van der Waals surface area contributed by atoms with Crippen LogP contribution >= 0.6 is 11.6 Å². The van der Waals surface area contributed by atoms with E-state index in [4.69, 9.17) is 11.6 Å². The summed E-state index contributed by atoms with van der Waals surface area (Å²) in [5, 5.41) is 0. The summed E-state index contributed by atoms with van der Waals surface area (Å²) in [6.45, 7) is 0.112. The molecule has 1 N–H and O–H groups in total. The van der Waals surface area contributed by atoms with Gasteiger partial charge >= 0.3 is 0 Å². The van der Waals surface area contributed by atoms with E-state index in [9.17, 15) is 21.2 Å². The number of sulfonamides is 1. The fourth-order valence-corrected chi connectivity index (χ4v) is 4.12. The van der Waals surface area contributed by atoms with Crippen molar-refractivity contribution >= 4 is 31.5 Å². The van der Waals surface area contributed by atoms with E-state index in [-0.39, 0.29) is 16.9 Å². The van der Waals surface area contributed by atoms with E-state index >= 15 is 0 Å². The molecule has 0 aliphatic heterocycles. The van der Waals surface area contributed by atoms with E-state index in [1.165, 1.54) is 0 Å². The quantitative estimate of drug-likeness (QED) is 0.620. The second-order valence-corrected chi connectivity index (χ2v) is 9.34. The molecule has 0 bridgehead atoms. The molecule has 0 heterocycles. The monoisotopic (exact) mass is 355 g/mol. The Hall–Kier alpha value is -0.700. The van der Waals surface area contributed by atoms with Crippen molar-refractivity contribution in [2.24, 2.45) is 5.41 Å². The molecule has 0 atom stereocenters. The Kier molecular flexibility index (Phi) is 4.36. The minimum absolute atomic E-state index is 0.112. The van der Waals surface area contributed by atoms with Crippen LogP contribution in [0.5, 0.6) is 0 Å². The smallest absolute Gasteiger partial charge is 0.224 e. The third kappa shape index (κ3) is 3.74. The van der Waals surface area contributed by atoms with Gasteiger partial charge in [-0.25, -0.2) is 25.9 Å². The Morgan fingerprint density at radius 1 is 1.29 bits per heavy atom. The molecule has 2 rings (SSSR count). The van der Waals surface area contributed by atoms with Crippen LogP contribution in [0.15, 0.2) is 28.0 Å². The molecule has 0 saturated heterocycles. The van der Waals surface area contributed by atoms with Crippen LogP contribution in [0.2, 0.25) is 0 Å². The Morgan fingerprint density at radius 3 is 2.38 bits per heavy atom. The molecular formula is C12H15ClFNO4S2. The van der Waals surface area contributed by atoms with E-state index in [0.717, 1.165) is 37.3 Å². The van der Waals surface area contributed by atoms with E-state index in [1.54, 1.807) is 0 Å². The maximum absolute atomic E-state index is 13.7. The number of hydrogen-bond donors (Lipinski definition) is 1. The molecule has 1 aromatic rings. The number of benzene rings is 1. The molecule has 1 aliphatic rings. The SMILES string of the molecule is CS(=O)(=O)c1ccc(F)c(S(=O)(=O)NCC2(CCl)CC2)c1. The normalized spacial score (nSPS) is 17.7. The number of hydrogen-bond acceptors (Lipinski definition) is 4. The topological polar surface area (TPSA) is 80.3 Å². The standard InChI is InChI=1S/C12H15ClFNO4S2/c1-20(16,17)9-2-3-10(14)11(6-9)21(18,19)15-8-12(7-13)4-5-12/h2-3,6,15H,4-5,7-8H2,1H3. The van der Waals surface area contributed by atoms with E-state index in [2.05, 4.69) is 4.72 Å². The van der Waals surface area contributed by atoms with E-state index in [0.29, 0.717) is 5.88 Å². The van der Waals surface area contributed by atoms with Gasteiger partial charge in [0.25, 0.3) is 0 Å². The molecule has 1 aliphatic carbocycles. The Bertz CT molecular complexity index is 757. The summed E-state index contributed by atoms with van der Waals surface area (Å²) in [5.41, 5.74) is -0.264. The first-order valence-corrected chi connectivity index (χ1v) is 10.1. The summed E-state index contributed by atoms with van der Waals surface area (Å²) in [7, 11) is -7.74. The molecule has 118 valence electrons. The van der Waals surface area contributed by atoms with Crippen molar-refractivity contribution in [1.82, 2.24) is 4.72 Å². The van der Waals surface area contributed by atoms with Gasteiger partial charge in [0.1, 0.15) is 10.7 Å². The van der Waals surface area contributed by atoms with Gasteiger partial charge in [-0.2, -0.15) is 0 Å².